The molecule has 0 atom stereocenters. The number of carbonyl (C=O) groups excluding carboxylic acids is 1. The van der Waals surface area contributed by atoms with E-state index in [2.05, 4.69) is 26.1 Å². The van der Waals surface area contributed by atoms with Crippen LogP contribution in [0.25, 0.3) is 11.4 Å². The first-order chi connectivity index (χ1) is 13.2. The average molecular weight is 433 g/mol. The van der Waals surface area contributed by atoms with E-state index < -0.39 is 5.97 Å². The molecule has 1 aromatic heterocycles. The second-order valence-electron chi connectivity index (χ2n) is 5.34. The Labute approximate surface area is 164 Å². The van der Waals surface area contributed by atoms with Crippen LogP contribution >= 0.6 is 15.9 Å². The van der Waals surface area contributed by atoms with Crippen LogP contribution in [0.4, 0.5) is 0 Å². The predicted molar refractivity (Wildman–Crippen MR) is 100 cm³/mol. The standard InChI is InChI=1S/C19H17BrN2O5/c1-2-24-16-6-4-3-5-15(16)19-21-17(27-22-19)11-26-18(23)12-25-14-9-7-13(20)8-10-14/h3-10H,2,11-12H2,1H3. The van der Waals surface area contributed by atoms with E-state index in [9.17, 15) is 4.79 Å². The summed E-state index contributed by atoms with van der Waals surface area (Å²) in [4.78, 5) is 16.0. The highest BCUT2D eigenvalue weighted by atomic mass is 79.9. The van der Waals surface area contributed by atoms with E-state index in [-0.39, 0.29) is 19.1 Å². The smallest absolute Gasteiger partial charge is 0.344 e. The molecule has 0 aliphatic heterocycles. The summed E-state index contributed by atoms with van der Waals surface area (Å²) in [6.45, 7) is 2.08. The zero-order valence-corrected chi connectivity index (χ0v) is 16.1. The van der Waals surface area contributed by atoms with Gasteiger partial charge in [0.1, 0.15) is 11.5 Å². The molecule has 0 N–H and O–H groups in total. The number of para-hydroxylation sites is 1. The van der Waals surface area contributed by atoms with Gasteiger partial charge in [0.2, 0.25) is 5.82 Å². The van der Waals surface area contributed by atoms with Gasteiger partial charge >= 0.3 is 5.97 Å². The van der Waals surface area contributed by atoms with Crippen molar-refractivity contribution in [3.05, 3.63) is 58.9 Å². The van der Waals surface area contributed by atoms with Gasteiger partial charge in [0.15, 0.2) is 13.2 Å². The largest absolute Gasteiger partial charge is 0.493 e. The second kappa shape index (κ2) is 9.18. The SMILES string of the molecule is CCOc1ccccc1-c1noc(COC(=O)COc2ccc(Br)cc2)n1. The second-order valence-corrected chi connectivity index (χ2v) is 6.26. The van der Waals surface area contributed by atoms with Gasteiger partial charge in [-0.05, 0) is 43.3 Å². The van der Waals surface area contributed by atoms with Gasteiger partial charge in [0.05, 0.1) is 12.2 Å². The van der Waals surface area contributed by atoms with E-state index in [0.717, 1.165) is 4.47 Å². The Balaban J connectivity index is 1.53. The Morgan fingerprint density at radius 2 is 1.89 bits per heavy atom. The van der Waals surface area contributed by atoms with Crippen molar-refractivity contribution >= 4 is 21.9 Å². The number of hydrogen-bond donors (Lipinski definition) is 0. The molecule has 3 aromatic rings. The summed E-state index contributed by atoms with van der Waals surface area (Å²) >= 11 is 3.33. The molecular formula is C19H17BrN2O5. The molecule has 0 bridgehead atoms. The van der Waals surface area contributed by atoms with Gasteiger partial charge in [-0.15, -0.1) is 0 Å². The molecule has 0 fully saturated rings. The fourth-order valence-corrected chi connectivity index (χ4v) is 2.48. The minimum Gasteiger partial charge on any atom is -0.493 e. The van der Waals surface area contributed by atoms with Gasteiger partial charge in [-0.1, -0.05) is 33.2 Å². The predicted octanol–water partition coefficient (Wildman–Crippen LogP) is 4.02. The Kier molecular flexibility index (Phi) is 6.43. The third-order valence-electron chi connectivity index (χ3n) is 3.42. The minimum absolute atomic E-state index is 0.133. The molecular weight excluding hydrogens is 416 g/mol. The van der Waals surface area contributed by atoms with Crippen LogP contribution in [0.1, 0.15) is 12.8 Å². The van der Waals surface area contributed by atoms with Crippen molar-refractivity contribution < 1.29 is 23.5 Å². The summed E-state index contributed by atoms with van der Waals surface area (Å²) in [5, 5.41) is 3.92. The van der Waals surface area contributed by atoms with Crippen molar-refractivity contribution in [1.29, 1.82) is 0 Å². The topological polar surface area (TPSA) is 83.7 Å². The lowest BCUT2D eigenvalue weighted by Crippen LogP contribution is -2.14. The van der Waals surface area contributed by atoms with Crippen molar-refractivity contribution in [3.63, 3.8) is 0 Å². The monoisotopic (exact) mass is 432 g/mol. The summed E-state index contributed by atoms with van der Waals surface area (Å²) in [5.74, 6) is 1.26. The fraction of sp³-hybridized carbons (Fsp3) is 0.211. The molecule has 0 radical (unpaired) electrons. The molecule has 2 aromatic carbocycles. The third kappa shape index (κ3) is 5.30. The first kappa shape index (κ1) is 18.9. The molecule has 27 heavy (non-hydrogen) atoms. The number of esters is 1. The molecule has 0 amide bonds. The lowest BCUT2D eigenvalue weighted by molar-refractivity contribution is -0.148. The molecule has 7 nitrogen and oxygen atoms in total. The Hall–Kier alpha value is -2.87. The highest BCUT2D eigenvalue weighted by molar-refractivity contribution is 9.10. The van der Waals surface area contributed by atoms with Crippen LogP contribution in [0.3, 0.4) is 0 Å². The summed E-state index contributed by atoms with van der Waals surface area (Å²) in [5.41, 5.74) is 0.708. The molecule has 140 valence electrons. The quantitative estimate of drug-likeness (QED) is 0.496. The van der Waals surface area contributed by atoms with E-state index in [1.807, 2.05) is 43.3 Å². The van der Waals surface area contributed by atoms with Gasteiger partial charge in [-0.25, -0.2) is 4.79 Å². The number of carbonyl (C=O) groups is 1. The zero-order chi connectivity index (χ0) is 19.1. The van der Waals surface area contributed by atoms with Crippen molar-refractivity contribution in [1.82, 2.24) is 10.1 Å². The molecule has 0 aliphatic carbocycles. The van der Waals surface area contributed by atoms with Crippen LogP contribution in [0, 0.1) is 0 Å². The summed E-state index contributed by atoms with van der Waals surface area (Å²) in [6, 6.07) is 14.5. The van der Waals surface area contributed by atoms with Gasteiger partial charge < -0.3 is 18.7 Å². The first-order valence-electron chi connectivity index (χ1n) is 8.24. The van der Waals surface area contributed by atoms with E-state index in [0.29, 0.717) is 29.5 Å². The third-order valence-corrected chi connectivity index (χ3v) is 3.95. The van der Waals surface area contributed by atoms with Crippen LogP contribution in [-0.2, 0) is 16.1 Å². The lowest BCUT2D eigenvalue weighted by atomic mass is 10.2. The van der Waals surface area contributed by atoms with E-state index in [4.69, 9.17) is 18.7 Å². The summed E-state index contributed by atoms with van der Waals surface area (Å²) in [6.07, 6.45) is 0. The van der Waals surface area contributed by atoms with Gasteiger partial charge in [0, 0.05) is 4.47 Å². The maximum Gasteiger partial charge on any atom is 0.344 e. The van der Waals surface area contributed by atoms with E-state index in [1.165, 1.54) is 0 Å². The van der Waals surface area contributed by atoms with Crippen molar-refractivity contribution in [2.75, 3.05) is 13.2 Å². The van der Waals surface area contributed by atoms with Crippen LogP contribution in [0.15, 0.2) is 57.5 Å². The Morgan fingerprint density at radius 1 is 1.11 bits per heavy atom. The summed E-state index contributed by atoms with van der Waals surface area (Å²) < 4.78 is 22.1. The number of nitrogens with zero attached hydrogens (tertiary/aromatic N) is 2. The maximum atomic E-state index is 11.8. The Morgan fingerprint density at radius 3 is 2.67 bits per heavy atom. The fourth-order valence-electron chi connectivity index (χ4n) is 2.21. The number of rotatable bonds is 8. The molecule has 3 rings (SSSR count). The van der Waals surface area contributed by atoms with E-state index >= 15 is 0 Å². The van der Waals surface area contributed by atoms with Crippen LogP contribution in [0.5, 0.6) is 11.5 Å². The van der Waals surface area contributed by atoms with Gasteiger partial charge in [-0.3, -0.25) is 0 Å². The van der Waals surface area contributed by atoms with E-state index in [1.54, 1.807) is 12.1 Å². The molecule has 0 saturated heterocycles. The number of ether oxygens (including phenoxy) is 3. The van der Waals surface area contributed by atoms with Crippen molar-refractivity contribution in [2.24, 2.45) is 0 Å². The van der Waals surface area contributed by atoms with Crippen molar-refractivity contribution in [3.8, 4) is 22.9 Å². The Bertz CT molecular complexity index is 895. The van der Waals surface area contributed by atoms with Gasteiger partial charge in [-0.2, -0.15) is 4.98 Å². The number of aromatic nitrogens is 2. The summed E-state index contributed by atoms with van der Waals surface area (Å²) in [7, 11) is 0. The highest BCUT2D eigenvalue weighted by Crippen LogP contribution is 2.27. The number of halogens is 1. The molecule has 0 aliphatic rings. The molecule has 0 spiro atoms. The van der Waals surface area contributed by atoms with Crippen molar-refractivity contribution in [2.45, 2.75) is 13.5 Å². The lowest BCUT2D eigenvalue weighted by Gasteiger charge is -2.06. The van der Waals surface area contributed by atoms with Gasteiger partial charge in [0.25, 0.3) is 5.89 Å². The van der Waals surface area contributed by atoms with Crippen LogP contribution in [-0.4, -0.2) is 29.3 Å². The molecule has 8 heteroatoms. The minimum atomic E-state index is -0.535. The van der Waals surface area contributed by atoms with Crippen LogP contribution < -0.4 is 9.47 Å². The normalized spacial score (nSPS) is 10.4. The highest BCUT2D eigenvalue weighted by Gasteiger charge is 2.14. The number of hydrogen-bond acceptors (Lipinski definition) is 7. The molecule has 0 saturated carbocycles. The first-order valence-corrected chi connectivity index (χ1v) is 9.03. The average Bonchev–Trinajstić information content (AvgIpc) is 3.15. The number of benzene rings is 2. The zero-order valence-electron chi connectivity index (χ0n) is 14.6. The maximum absolute atomic E-state index is 11.8. The van der Waals surface area contributed by atoms with Crippen LogP contribution in [0.2, 0.25) is 0 Å². The molecule has 1 heterocycles. The molecule has 0 unspecified atom stereocenters.